The fourth-order valence-electron chi connectivity index (χ4n) is 11.0. The molecule has 2 heteroatoms. The third-order valence-electron chi connectivity index (χ3n) is 13.9. The molecule has 0 aliphatic heterocycles. The molecule has 2 nitrogen and oxygen atoms in total. The van der Waals surface area contributed by atoms with Gasteiger partial charge in [0.1, 0.15) is 11.2 Å². The van der Waals surface area contributed by atoms with Crippen LogP contribution in [0.2, 0.25) is 0 Å². The maximum Gasteiger partial charge on any atom is 0.136 e. The van der Waals surface area contributed by atoms with Gasteiger partial charge in [0.2, 0.25) is 0 Å². The van der Waals surface area contributed by atoms with Crippen LogP contribution >= 0.6 is 0 Å². The lowest BCUT2D eigenvalue weighted by molar-refractivity contribution is 0.669. The van der Waals surface area contributed by atoms with Crippen LogP contribution < -0.4 is 4.90 Å². The van der Waals surface area contributed by atoms with Crippen LogP contribution in [0.5, 0.6) is 0 Å². The summed E-state index contributed by atoms with van der Waals surface area (Å²) in [5.74, 6) is 0. The van der Waals surface area contributed by atoms with Crippen LogP contribution in [0.3, 0.4) is 0 Å². The predicted molar refractivity (Wildman–Crippen MR) is 280 cm³/mol. The van der Waals surface area contributed by atoms with E-state index < -0.39 is 5.41 Å². The van der Waals surface area contributed by atoms with Gasteiger partial charge in [0.15, 0.2) is 0 Å². The Morgan fingerprint density at radius 1 is 0.313 bits per heavy atom. The van der Waals surface area contributed by atoms with Gasteiger partial charge in [-0.2, -0.15) is 0 Å². The van der Waals surface area contributed by atoms with Crippen LogP contribution in [0.1, 0.15) is 22.3 Å². The molecule has 11 aromatic carbocycles. The highest BCUT2D eigenvalue weighted by atomic mass is 16.3. The lowest BCUT2D eigenvalue weighted by Crippen LogP contribution is -2.28. The minimum Gasteiger partial charge on any atom is -0.456 e. The molecule has 0 bridgehead atoms. The van der Waals surface area contributed by atoms with Gasteiger partial charge < -0.3 is 9.32 Å². The lowest BCUT2D eigenvalue weighted by Gasteiger charge is -2.34. The van der Waals surface area contributed by atoms with Crippen molar-refractivity contribution in [2.45, 2.75) is 5.41 Å². The van der Waals surface area contributed by atoms with Gasteiger partial charge in [-0.05, 0) is 127 Å². The molecular formula is C65H43NO. The highest BCUT2D eigenvalue weighted by Gasteiger charge is 2.46. The number of hydrogen-bond acceptors (Lipinski definition) is 2. The molecule has 0 unspecified atom stereocenters. The Hall–Kier alpha value is -8.72. The maximum atomic E-state index is 6.38. The normalized spacial score (nSPS) is 12.6. The smallest absolute Gasteiger partial charge is 0.136 e. The summed E-state index contributed by atoms with van der Waals surface area (Å²) in [4.78, 5) is 2.43. The third-order valence-corrected chi connectivity index (χ3v) is 13.9. The van der Waals surface area contributed by atoms with Gasteiger partial charge in [-0.25, -0.2) is 0 Å². The Morgan fingerprint density at radius 3 is 1.73 bits per heavy atom. The van der Waals surface area contributed by atoms with E-state index >= 15 is 0 Å². The second kappa shape index (κ2) is 15.8. The van der Waals surface area contributed by atoms with Crippen molar-refractivity contribution in [3.05, 3.63) is 283 Å². The molecule has 67 heavy (non-hydrogen) atoms. The number of para-hydroxylation sites is 2. The molecule has 13 rings (SSSR count). The second-order valence-electron chi connectivity index (χ2n) is 17.6. The first kappa shape index (κ1) is 38.7. The molecule has 314 valence electrons. The first-order chi connectivity index (χ1) is 33.2. The molecule has 0 spiro atoms. The molecule has 0 saturated heterocycles. The summed E-state index contributed by atoms with van der Waals surface area (Å²) in [6, 6.07) is 95.2. The predicted octanol–water partition coefficient (Wildman–Crippen LogP) is 17.6. The van der Waals surface area contributed by atoms with E-state index in [0.717, 1.165) is 61.3 Å². The largest absolute Gasteiger partial charge is 0.456 e. The average molecular weight is 854 g/mol. The van der Waals surface area contributed by atoms with Crippen molar-refractivity contribution in [3.8, 4) is 44.5 Å². The number of fused-ring (bicyclic) bond motifs is 7. The van der Waals surface area contributed by atoms with Crippen molar-refractivity contribution in [3.63, 3.8) is 0 Å². The van der Waals surface area contributed by atoms with Crippen molar-refractivity contribution < 1.29 is 4.42 Å². The van der Waals surface area contributed by atoms with E-state index in [1.54, 1.807) is 0 Å². The summed E-state index contributed by atoms with van der Waals surface area (Å²) in [7, 11) is 0. The highest BCUT2D eigenvalue weighted by Crippen LogP contribution is 2.57. The Balaban J connectivity index is 1.01. The first-order valence-corrected chi connectivity index (χ1v) is 23.1. The number of hydrogen-bond donors (Lipinski definition) is 0. The molecule has 1 heterocycles. The van der Waals surface area contributed by atoms with E-state index in [1.807, 2.05) is 6.07 Å². The molecule has 0 fully saturated rings. The standard InChI is InChI=1S/C65H43NO/c1-3-20-50(21-4-1)65(51-22-5-2-6-23-51)59-29-12-9-26-56(59)57-40-37-49(43-60(57)65)54-25-10-13-30-61(54)66(52-38-35-45(36-39-52)47-34-33-44-17-7-8-18-46(44)41-47)53-24-15-19-48(42-53)55-28-16-32-63-64(55)58-27-11-14-31-62(58)67-63/h1-43H. The minimum atomic E-state index is -0.510. The third kappa shape index (κ3) is 6.26. The summed E-state index contributed by atoms with van der Waals surface area (Å²) in [5, 5.41) is 4.72. The van der Waals surface area contributed by atoms with Crippen LogP contribution in [0, 0.1) is 0 Å². The number of nitrogens with zero attached hydrogens (tertiary/aromatic N) is 1. The number of rotatable bonds is 8. The number of benzene rings is 11. The van der Waals surface area contributed by atoms with E-state index in [0.29, 0.717) is 0 Å². The second-order valence-corrected chi connectivity index (χ2v) is 17.6. The van der Waals surface area contributed by atoms with Gasteiger partial charge in [-0.3, -0.25) is 0 Å². The van der Waals surface area contributed by atoms with Gasteiger partial charge in [0.25, 0.3) is 0 Å². The van der Waals surface area contributed by atoms with Gasteiger partial charge in [-0.1, -0.05) is 206 Å². The minimum absolute atomic E-state index is 0.510. The van der Waals surface area contributed by atoms with Crippen molar-refractivity contribution in [2.75, 3.05) is 4.90 Å². The van der Waals surface area contributed by atoms with E-state index in [2.05, 4.69) is 260 Å². The first-order valence-electron chi connectivity index (χ1n) is 23.1. The summed E-state index contributed by atoms with van der Waals surface area (Å²) >= 11 is 0. The van der Waals surface area contributed by atoms with Crippen molar-refractivity contribution in [1.82, 2.24) is 0 Å². The monoisotopic (exact) mass is 853 g/mol. The molecule has 1 aliphatic rings. The molecule has 0 radical (unpaired) electrons. The van der Waals surface area contributed by atoms with E-state index in [9.17, 15) is 0 Å². The van der Waals surface area contributed by atoms with Crippen molar-refractivity contribution in [2.24, 2.45) is 0 Å². The zero-order chi connectivity index (χ0) is 44.3. The van der Waals surface area contributed by atoms with Crippen LogP contribution in [0.15, 0.2) is 265 Å². The van der Waals surface area contributed by atoms with Crippen LogP contribution in [0.25, 0.3) is 77.2 Å². The molecule has 0 amide bonds. The fourth-order valence-corrected chi connectivity index (χ4v) is 11.0. The maximum absolute atomic E-state index is 6.38. The topological polar surface area (TPSA) is 16.4 Å². The summed E-state index contributed by atoms with van der Waals surface area (Å²) in [6.07, 6.45) is 0. The van der Waals surface area contributed by atoms with Gasteiger partial charge in [0, 0.05) is 27.7 Å². The van der Waals surface area contributed by atoms with Crippen LogP contribution in [0.4, 0.5) is 17.1 Å². The van der Waals surface area contributed by atoms with Crippen molar-refractivity contribution >= 4 is 49.8 Å². The van der Waals surface area contributed by atoms with Crippen LogP contribution in [-0.4, -0.2) is 0 Å². The molecule has 0 saturated carbocycles. The van der Waals surface area contributed by atoms with Crippen LogP contribution in [-0.2, 0) is 5.41 Å². The quantitative estimate of drug-likeness (QED) is 0.151. The highest BCUT2D eigenvalue weighted by molar-refractivity contribution is 6.12. The molecular weight excluding hydrogens is 811 g/mol. The molecule has 0 N–H and O–H groups in total. The van der Waals surface area contributed by atoms with E-state index in [-0.39, 0.29) is 0 Å². The van der Waals surface area contributed by atoms with Gasteiger partial charge in [0.05, 0.1) is 11.1 Å². The number of anilines is 3. The SMILES string of the molecule is c1ccc(C2(c3ccccc3)c3ccccc3-c3ccc(-c4ccccc4N(c4ccc(-c5ccc6ccccc6c5)cc4)c4cccc(-c5cccc6oc7ccccc7c56)c4)cc32)cc1. The zero-order valence-electron chi connectivity index (χ0n) is 36.7. The molecule has 1 aliphatic carbocycles. The van der Waals surface area contributed by atoms with Crippen molar-refractivity contribution in [1.29, 1.82) is 0 Å². The molecule has 0 atom stereocenters. The molecule has 12 aromatic rings. The zero-order valence-corrected chi connectivity index (χ0v) is 36.7. The van der Waals surface area contributed by atoms with Gasteiger partial charge >= 0.3 is 0 Å². The van der Waals surface area contributed by atoms with E-state index in [4.69, 9.17) is 4.42 Å². The Morgan fingerprint density at radius 2 is 0.910 bits per heavy atom. The summed E-state index contributed by atoms with van der Waals surface area (Å²) in [5.41, 5.74) is 19.0. The van der Waals surface area contributed by atoms with Gasteiger partial charge in [-0.15, -0.1) is 0 Å². The Bertz CT molecular complexity index is 3770. The number of furan rings is 1. The fraction of sp³-hybridized carbons (Fsp3) is 0.0154. The summed E-state index contributed by atoms with van der Waals surface area (Å²) in [6.45, 7) is 0. The average Bonchev–Trinajstić information content (AvgIpc) is 3.93. The van der Waals surface area contributed by atoms with E-state index in [1.165, 1.54) is 55.3 Å². The summed E-state index contributed by atoms with van der Waals surface area (Å²) < 4.78 is 6.38. The Kier molecular flexibility index (Phi) is 9.11. The molecule has 1 aromatic heterocycles. The Labute approximate surface area is 390 Å². The lowest BCUT2D eigenvalue weighted by atomic mass is 9.67.